The molecule has 0 aromatic carbocycles. The first-order valence-corrected chi connectivity index (χ1v) is 8.24. The van der Waals surface area contributed by atoms with E-state index in [1.807, 2.05) is 13.1 Å². The van der Waals surface area contributed by atoms with Crippen LogP contribution in [-0.2, 0) is 23.1 Å². The lowest BCUT2D eigenvalue weighted by atomic mass is 9.80. The summed E-state index contributed by atoms with van der Waals surface area (Å²) in [6.07, 6.45) is 7.52. The predicted molar refractivity (Wildman–Crippen MR) is 83.8 cm³/mol. The number of carbonyl (C=O) groups is 1. The van der Waals surface area contributed by atoms with Crippen molar-refractivity contribution in [1.82, 2.24) is 20.4 Å². The highest BCUT2D eigenvalue weighted by Gasteiger charge is 2.38. The predicted octanol–water partition coefficient (Wildman–Crippen LogP) is 2.18. The molecule has 1 aliphatic carbocycles. The molecule has 2 aromatic rings. The van der Waals surface area contributed by atoms with Crippen LogP contribution in [-0.4, -0.2) is 27.6 Å². The van der Waals surface area contributed by atoms with E-state index in [2.05, 4.69) is 26.5 Å². The van der Waals surface area contributed by atoms with Crippen molar-refractivity contribution in [3.05, 3.63) is 29.3 Å². The molecular weight excluding hydrogens is 292 g/mol. The molecule has 4 rings (SSSR count). The largest absolute Gasteiger partial charge is 0.356 e. The minimum Gasteiger partial charge on any atom is -0.356 e. The number of amides is 1. The van der Waals surface area contributed by atoms with Crippen molar-refractivity contribution in [1.29, 1.82) is 0 Å². The van der Waals surface area contributed by atoms with Gasteiger partial charge in [0.1, 0.15) is 5.69 Å². The van der Waals surface area contributed by atoms with Gasteiger partial charge in [0.15, 0.2) is 0 Å². The number of rotatable bonds is 2. The number of aryl methyl sites for hydroxylation is 1. The monoisotopic (exact) mass is 312 g/mol. The maximum Gasteiger partial charge on any atom is 0.233 e. The zero-order chi connectivity index (χ0) is 15.9. The molecule has 23 heavy (non-hydrogen) atoms. The lowest BCUT2D eigenvalue weighted by molar-refractivity contribution is -0.124. The summed E-state index contributed by atoms with van der Waals surface area (Å²) in [5.74, 6) is 1.12. The molecule has 0 bridgehead atoms. The average molecular weight is 312 g/mol. The Morgan fingerprint density at radius 1 is 1.30 bits per heavy atom. The SMILES string of the molecule is CC1(c2nc(-c3nccc4c3CCCC4)no2)CCNC(=O)C1. The van der Waals surface area contributed by atoms with Crippen LogP contribution in [0, 0.1) is 0 Å². The smallest absolute Gasteiger partial charge is 0.233 e. The molecule has 2 aromatic heterocycles. The van der Waals surface area contributed by atoms with Crippen LogP contribution in [0.25, 0.3) is 11.5 Å². The van der Waals surface area contributed by atoms with E-state index in [-0.39, 0.29) is 11.3 Å². The highest BCUT2D eigenvalue weighted by molar-refractivity contribution is 5.78. The minimum absolute atomic E-state index is 0.0358. The van der Waals surface area contributed by atoms with Gasteiger partial charge >= 0.3 is 0 Å². The molecule has 120 valence electrons. The highest BCUT2D eigenvalue weighted by atomic mass is 16.5. The topological polar surface area (TPSA) is 80.9 Å². The Balaban J connectivity index is 1.70. The standard InChI is InChI=1S/C17H20N4O2/c1-17(7-9-18-13(22)10-17)16-20-15(21-23-16)14-12-5-3-2-4-11(12)6-8-19-14/h6,8H,2-5,7,9-10H2,1H3,(H,18,22). The zero-order valence-electron chi connectivity index (χ0n) is 13.3. The Bertz CT molecular complexity index is 755. The van der Waals surface area contributed by atoms with Gasteiger partial charge in [-0.25, -0.2) is 0 Å². The maximum absolute atomic E-state index is 11.7. The second kappa shape index (κ2) is 5.44. The van der Waals surface area contributed by atoms with Gasteiger partial charge in [0.25, 0.3) is 0 Å². The first-order chi connectivity index (χ1) is 11.2. The van der Waals surface area contributed by atoms with E-state index in [1.165, 1.54) is 24.0 Å². The lowest BCUT2D eigenvalue weighted by Gasteiger charge is -2.29. The van der Waals surface area contributed by atoms with Gasteiger partial charge in [-0.15, -0.1) is 0 Å². The number of hydrogen-bond donors (Lipinski definition) is 1. The Labute approximate surface area is 134 Å². The van der Waals surface area contributed by atoms with Gasteiger partial charge in [-0.2, -0.15) is 4.98 Å². The van der Waals surface area contributed by atoms with Crippen LogP contribution in [0.5, 0.6) is 0 Å². The number of fused-ring (bicyclic) bond motifs is 1. The molecule has 6 heteroatoms. The van der Waals surface area contributed by atoms with E-state index in [1.54, 1.807) is 0 Å². The third-order valence-electron chi connectivity index (χ3n) is 4.98. The molecule has 1 unspecified atom stereocenters. The lowest BCUT2D eigenvalue weighted by Crippen LogP contribution is -2.41. The molecule has 6 nitrogen and oxygen atoms in total. The summed E-state index contributed by atoms with van der Waals surface area (Å²) in [6.45, 7) is 2.66. The Hall–Kier alpha value is -2.24. The summed E-state index contributed by atoms with van der Waals surface area (Å²) >= 11 is 0. The fourth-order valence-corrected chi connectivity index (χ4v) is 3.59. The quantitative estimate of drug-likeness (QED) is 0.919. The summed E-state index contributed by atoms with van der Waals surface area (Å²) in [5, 5.41) is 7.00. The molecule has 0 spiro atoms. The molecule has 1 saturated heterocycles. The van der Waals surface area contributed by atoms with Crippen molar-refractivity contribution in [2.75, 3.05) is 6.54 Å². The number of carbonyl (C=O) groups excluding carboxylic acids is 1. The third kappa shape index (κ3) is 2.52. The number of nitrogens with zero attached hydrogens (tertiary/aromatic N) is 3. The molecule has 1 amide bonds. The van der Waals surface area contributed by atoms with Crippen LogP contribution in [0.15, 0.2) is 16.8 Å². The summed E-state index contributed by atoms with van der Waals surface area (Å²) in [6, 6.07) is 2.09. The van der Waals surface area contributed by atoms with Crippen molar-refractivity contribution in [3.63, 3.8) is 0 Å². The zero-order valence-corrected chi connectivity index (χ0v) is 13.3. The van der Waals surface area contributed by atoms with Crippen LogP contribution in [0.2, 0.25) is 0 Å². The van der Waals surface area contributed by atoms with Gasteiger partial charge in [0, 0.05) is 19.2 Å². The maximum atomic E-state index is 11.7. The van der Waals surface area contributed by atoms with Gasteiger partial charge in [-0.3, -0.25) is 9.78 Å². The third-order valence-corrected chi connectivity index (χ3v) is 4.98. The van der Waals surface area contributed by atoms with Gasteiger partial charge in [0.05, 0.1) is 5.41 Å². The summed E-state index contributed by atoms with van der Waals surface area (Å²) in [7, 11) is 0. The second-order valence-electron chi connectivity index (χ2n) is 6.76. The van der Waals surface area contributed by atoms with Crippen LogP contribution in [0.3, 0.4) is 0 Å². The number of pyridine rings is 1. The molecular formula is C17H20N4O2. The number of hydrogen-bond acceptors (Lipinski definition) is 5. The van der Waals surface area contributed by atoms with Gasteiger partial charge in [-0.1, -0.05) is 12.1 Å². The normalized spacial score (nSPS) is 24.1. The van der Waals surface area contributed by atoms with Crippen molar-refractivity contribution in [2.45, 2.75) is 50.9 Å². The Morgan fingerprint density at radius 3 is 3.04 bits per heavy atom. The van der Waals surface area contributed by atoms with E-state index in [0.29, 0.717) is 24.7 Å². The first kappa shape index (κ1) is 14.4. The molecule has 1 atom stereocenters. The second-order valence-corrected chi connectivity index (χ2v) is 6.76. The van der Waals surface area contributed by atoms with E-state index >= 15 is 0 Å². The summed E-state index contributed by atoms with van der Waals surface area (Å²) in [4.78, 5) is 20.8. The molecule has 3 heterocycles. The van der Waals surface area contributed by atoms with Gasteiger partial charge in [-0.05, 0) is 49.3 Å². The molecule has 1 fully saturated rings. The van der Waals surface area contributed by atoms with Crippen molar-refractivity contribution in [3.8, 4) is 11.5 Å². The first-order valence-electron chi connectivity index (χ1n) is 8.24. The van der Waals surface area contributed by atoms with Crippen LogP contribution in [0.4, 0.5) is 0 Å². The van der Waals surface area contributed by atoms with Crippen molar-refractivity contribution < 1.29 is 9.32 Å². The minimum atomic E-state index is -0.386. The molecule has 0 radical (unpaired) electrons. The van der Waals surface area contributed by atoms with Crippen LogP contribution < -0.4 is 5.32 Å². The van der Waals surface area contributed by atoms with E-state index in [0.717, 1.165) is 25.0 Å². The van der Waals surface area contributed by atoms with Gasteiger partial charge < -0.3 is 9.84 Å². The number of nitrogens with one attached hydrogen (secondary N) is 1. The highest BCUT2D eigenvalue weighted by Crippen LogP contribution is 2.34. The van der Waals surface area contributed by atoms with Crippen LogP contribution >= 0.6 is 0 Å². The Morgan fingerprint density at radius 2 is 2.17 bits per heavy atom. The van der Waals surface area contributed by atoms with E-state index in [9.17, 15) is 4.79 Å². The molecule has 1 aliphatic heterocycles. The number of piperidine rings is 1. The average Bonchev–Trinajstić information content (AvgIpc) is 3.05. The fraction of sp³-hybridized carbons (Fsp3) is 0.529. The van der Waals surface area contributed by atoms with Crippen LogP contribution in [0.1, 0.15) is 49.6 Å². The Kier molecular flexibility index (Phi) is 3.39. The molecule has 1 N–H and O–H groups in total. The van der Waals surface area contributed by atoms with E-state index in [4.69, 9.17) is 4.52 Å². The van der Waals surface area contributed by atoms with Crippen molar-refractivity contribution in [2.24, 2.45) is 0 Å². The molecule has 2 aliphatic rings. The number of aromatic nitrogens is 3. The van der Waals surface area contributed by atoms with Crippen molar-refractivity contribution >= 4 is 5.91 Å². The summed E-state index contributed by atoms with van der Waals surface area (Å²) in [5.41, 5.74) is 3.04. The summed E-state index contributed by atoms with van der Waals surface area (Å²) < 4.78 is 5.52. The van der Waals surface area contributed by atoms with E-state index < -0.39 is 0 Å². The fourth-order valence-electron chi connectivity index (χ4n) is 3.59. The van der Waals surface area contributed by atoms with Gasteiger partial charge in [0.2, 0.25) is 17.6 Å². The molecule has 0 saturated carbocycles.